The molecule has 0 rings (SSSR count). The summed E-state index contributed by atoms with van der Waals surface area (Å²) in [6, 6.07) is 0. The van der Waals surface area contributed by atoms with Crippen molar-refractivity contribution < 1.29 is 4.79 Å². The molecular formula is C12H25NOS2. The van der Waals surface area contributed by atoms with Crippen LogP contribution in [-0.2, 0) is 4.79 Å². The SMILES string of the molecule is CCCCCCSSCCNC(=O)CCC. The van der Waals surface area contributed by atoms with Gasteiger partial charge in [0.05, 0.1) is 0 Å². The van der Waals surface area contributed by atoms with Crippen molar-refractivity contribution in [2.75, 3.05) is 18.1 Å². The summed E-state index contributed by atoms with van der Waals surface area (Å²) in [6.45, 7) is 5.08. The fourth-order valence-corrected chi connectivity index (χ4v) is 3.31. The van der Waals surface area contributed by atoms with E-state index in [9.17, 15) is 4.79 Å². The Balaban J connectivity index is 3.01. The van der Waals surface area contributed by atoms with E-state index in [-0.39, 0.29) is 5.91 Å². The normalized spacial score (nSPS) is 10.4. The van der Waals surface area contributed by atoms with Gasteiger partial charge in [-0.3, -0.25) is 4.79 Å². The molecule has 0 saturated heterocycles. The summed E-state index contributed by atoms with van der Waals surface area (Å²) >= 11 is 0. The topological polar surface area (TPSA) is 29.1 Å². The third-order valence-corrected chi connectivity index (χ3v) is 4.64. The summed E-state index contributed by atoms with van der Waals surface area (Å²) in [4.78, 5) is 11.1. The lowest BCUT2D eigenvalue weighted by Gasteiger charge is -2.03. The molecule has 0 unspecified atom stereocenters. The van der Waals surface area contributed by atoms with Crippen molar-refractivity contribution in [3.05, 3.63) is 0 Å². The number of carbonyl (C=O) groups is 1. The van der Waals surface area contributed by atoms with Crippen LogP contribution < -0.4 is 5.32 Å². The van der Waals surface area contributed by atoms with Gasteiger partial charge in [0, 0.05) is 24.5 Å². The first-order valence-electron chi connectivity index (χ1n) is 6.32. The molecule has 1 amide bonds. The van der Waals surface area contributed by atoms with Crippen LogP contribution in [0.2, 0.25) is 0 Å². The van der Waals surface area contributed by atoms with Gasteiger partial charge in [0.25, 0.3) is 0 Å². The highest BCUT2D eigenvalue weighted by molar-refractivity contribution is 8.76. The number of amides is 1. The van der Waals surface area contributed by atoms with Gasteiger partial charge in [-0.2, -0.15) is 0 Å². The van der Waals surface area contributed by atoms with Gasteiger partial charge < -0.3 is 5.32 Å². The smallest absolute Gasteiger partial charge is 0.220 e. The average molecular weight is 263 g/mol. The second-order valence-electron chi connectivity index (χ2n) is 3.80. The van der Waals surface area contributed by atoms with Crippen LogP contribution in [0.25, 0.3) is 0 Å². The Morgan fingerprint density at radius 1 is 1.00 bits per heavy atom. The zero-order valence-corrected chi connectivity index (χ0v) is 12.2. The predicted molar refractivity (Wildman–Crippen MR) is 77.0 cm³/mol. The van der Waals surface area contributed by atoms with E-state index in [0.29, 0.717) is 6.42 Å². The molecule has 16 heavy (non-hydrogen) atoms. The summed E-state index contributed by atoms with van der Waals surface area (Å²) in [5.41, 5.74) is 0. The lowest BCUT2D eigenvalue weighted by molar-refractivity contribution is -0.120. The lowest BCUT2D eigenvalue weighted by Crippen LogP contribution is -2.24. The summed E-state index contributed by atoms with van der Waals surface area (Å²) in [7, 11) is 3.81. The van der Waals surface area contributed by atoms with Crippen LogP contribution in [-0.4, -0.2) is 24.0 Å². The number of nitrogens with one attached hydrogen (secondary N) is 1. The van der Waals surface area contributed by atoms with Crippen molar-refractivity contribution in [2.45, 2.75) is 52.4 Å². The number of carbonyl (C=O) groups excluding carboxylic acids is 1. The maximum absolute atomic E-state index is 11.1. The molecule has 0 saturated carbocycles. The predicted octanol–water partition coefficient (Wildman–Crippen LogP) is 3.86. The van der Waals surface area contributed by atoms with Gasteiger partial charge in [-0.15, -0.1) is 0 Å². The summed E-state index contributed by atoms with van der Waals surface area (Å²) in [5, 5.41) is 2.92. The average Bonchev–Trinajstić information content (AvgIpc) is 2.27. The quantitative estimate of drug-likeness (QED) is 0.453. The van der Waals surface area contributed by atoms with Gasteiger partial charge in [0.15, 0.2) is 0 Å². The second-order valence-corrected chi connectivity index (χ2v) is 6.51. The molecule has 0 radical (unpaired) electrons. The van der Waals surface area contributed by atoms with E-state index < -0.39 is 0 Å². The monoisotopic (exact) mass is 263 g/mol. The van der Waals surface area contributed by atoms with E-state index in [1.807, 2.05) is 28.5 Å². The number of hydrogen-bond donors (Lipinski definition) is 1. The Kier molecular flexibility index (Phi) is 13.4. The first-order chi connectivity index (χ1) is 7.81. The van der Waals surface area contributed by atoms with Crippen LogP contribution >= 0.6 is 21.6 Å². The first-order valence-corrected chi connectivity index (χ1v) is 8.81. The van der Waals surface area contributed by atoms with E-state index >= 15 is 0 Å². The van der Waals surface area contributed by atoms with Crippen LogP contribution in [0.5, 0.6) is 0 Å². The highest BCUT2D eigenvalue weighted by Gasteiger charge is 1.97. The molecule has 1 N–H and O–H groups in total. The Morgan fingerprint density at radius 2 is 1.75 bits per heavy atom. The van der Waals surface area contributed by atoms with Crippen molar-refractivity contribution in [2.24, 2.45) is 0 Å². The molecule has 0 spiro atoms. The molecule has 0 bridgehead atoms. The minimum absolute atomic E-state index is 0.191. The molecule has 0 aromatic rings. The van der Waals surface area contributed by atoms with Gasteiger partial charge in [-0.05, 0) is 12.8 Å². The highest BCUT2D eigenvalue weighted by Crippen LogP contribution is 2.22. The van der Waals surface area contributed by atoms with Crippen LogP contribution in [0.15, 0.2) is 0 Å². The fraction of sp³-hybridized carbons (Fsp3) is 0.917. The Morgan fingerprint density at radius 3 is 2.44 bits per heavy atom. The van der Waals surface area contributed by atoms with E-state index in [1.54, 1.807) is 0 Å². The van der Waals surface area contributed by atoms with Crippen LogP contribution in [0.1, 0.15) is 52.4 Å². The Hall–Kier alpha value is 0.170. The molecule has 0 aliphatic rings. The van der Waals surface area contributed by atoms with Gasteiger partial charge in [-0.1, -0.05) is 54.7 Å². The third-order valence-electron chi connectivity index (χ3n) is 2.15. The molecular weight excluding hydrogens is 238 g/mol. The van der Waals surface area contributed by atoms with Crippen molar-refractivity contribution in [3.63, 3.8) is 0 Å². The van der Waals surface area contributed by atoms with Crippen molar-refractivity contribution in [3.8, 4) is 0 Å². The number of unbranched alkanes of at least 4 members (excludes halogenated alkanes) is 3. The Bertz CT molecular complexity index is 165. The van der Waals surface area contributed by atoms with E-state index in [0.717, 1.165) is 18.7 Å². The maximum Gasteiger partial charge on any atom is 0.220 e. The third kappa shape index (κ3) is 12.2. The molecule has 0 atom stereocenters. The van der Waals surface area contributed by atoms with Crippen LogP contribution in [0.3, 0.4) is 0 Å². The minimum Gasteiger partial charge on any atom is -0.355 e. The minimum atomic E-state index is 0.191. The first kappa shape index (κ1) is 16.2. The molecule has 0 aromatic carbocycles. The summed E-state index contributed by atoms with van der Waals surface area (Å²) in [6.07, 6.45) is 6.95. The van der Waals surface area contributed by atoms with Crippen molar-refractivity contribution in [1.82, 2.24) is 5.32 Å². The van der Waals surface area contributed by atoms with Gasteiger partial charge in [0.2, 0.25) is 5.91 Å². The zero-order valence-electron chi connectivity index (χ0n) is 10.6. The zero-order chi connectivity index (χ0) is 12.1. The molecule has 0 aliphatic carbocycles. The van der Waals surface area contributed by atoms with Crippen molar-refractivity contribution >= 4 is 27.5 Å². The molecule has 0 heterocycles. The number of hydrogen-bond acceptors (Lipinski definition) is 3. The largest absolute Gasteiger partial charge is 0.355 e. The fourth-order valence-electron chi connectivity index (χ4n) is 1.25. The van der Waals surface area contributed by atoms with Crippen LogP contribution in [0, 0.1) is 0 Å². The summed E-state index contributed by atoms with van der Waals surface area (Å²) in [5.74, 6) is 2.46. The molecule has 96 valence electrons. The second kappa shape index (κ2) is 13.2. The van der Waals surface area contributed by atoms with E-state index in [1.165, 1.54) is 31.4 Å². The molecule has 0 fully saturated rings. The highest BCUT2D eigenvalue weighted by atomic mass is 33.1. The molecule has 0 aliphatic heterocycles. The Labute approximate surface area is 108 Å². The molecule has 4 heteroatoms. The maximum atomic E-state index is 11.1. The van der Waals surface area contributed by atoms with Crippen molar-refractivity contribution in [1.29, 1.82) is 0 Å². The van der Waals surface area contributed by atoms with Crippen LogP contribution in [0.4, 0.5) is 0 Å². The van der Waals surface area contributed by atoms with Gasteiger partial charge >= 0.3 is 0 Å². The number of rotatable bonds is 11. The standard InChI is InChI=1S/C12H25NOS2/c1-3-5-6-7-10-15-16-11-9-13-12(14)8-4-2/h3-11H2,1-2H3,(H,13,14). The van der Waals surface area contributed by atoms with E-state index in [4.69, 9.17) is 0 Å². The van der Waals surface area contributed by atoms with Gasteiger partial charge in [0.1, 0.15) is 0 Å². The van der Waals surface area contributed by atoms with E-state index in [2.05, 4.69) is 12.2 Å². The lowest BCUT2D eigenvalue weighted by atomic mass is 10.2. The summed E-state index contributed by atoms with van der Waals surface area (Å²) < 4.78 is 0. The molecule has 0 aromatic heterocycles. The van der Waals surface area contributed by atoms with Gasteiger partial charge in [-0.25, -0.2) is 0 Å². The molecule has 2 nitrogen and oxygen atoms in total.